The Hall–Kier alpha value is -1.91. The number of amides is 1. The first-order valence-electron chi connectivity index (χ1n) is 13.2. The van der Waals surface area contributed by atoms with E-state index in [2.05, 4.69) is 4.90 Å². The van der Waals surface area contributed by atoms with E-state index >= 15 is 0 Å². The molecule has 0 aromatic heterocycles. The molecule has 2 aliphatic carbocycles. The number of likely N-dealkylation sites (tertiary alicyclic amines) is 1. The van der Waals surface area contributed by atoms with Crippen LogP contribution >= 0.6 is 23.2 Å². The Labute approximate surface area is 239 Å². The molecule has 0 radical (unpaired) electrons. The zero-order valence-electron chi connectivity index (χ0n) is 22.0. The fraction of sp³-hybridized carbons (Fsp3) is 0.536. The molecule has 2 aromatic carbocycles. The molecule has 11 heteroatoms. The molecular weight excluding hydrogens is 566 g/mol. The van der Waals surface area contributed by atoms with Gasteiger partial charge in [-0.2, -0.15) is 0 Å². The third-order valence-electron chi connectivity index (χ3n) is 8.09. The summed E-state index contributed by atoms with van der Waals surface area (Å²) in [5.41, 5.74) is 1.54. The summed E-state index contributed by atoms with van der Waals surface area (Å²) in [5.74, 6) is -0.532. The molecule has 2 aromatic rings. The van der Waals surface area contributed by atoms with Gasteiger partial charge < -0.3 is 9.47 Å². The Morgan fingerprint density at radius 1 is 1.10 bits per heavy atom. The van der Waals surface area contributed by atoms with Crippen LogP contribution in [0.2, 0.25) is 10.0 Å². The molecule has 3 fully saturated rings. The predicted molar refractivity (Wildman–Crippen MR) is 149 cm³/mol. The molecule has 3 aliphatic rings. The number of carbonyl (C=O) groups is 1. The van der Waals surface area contributed by atoms with Crippen LogP contribution in [0.1, 0.15) is 65.4 Å². The molecule has 0 unspecified atom stereocenters. The van der Waals surface area contributed by atoms with Gasteiger partial charge in [-0.05, 0) is 92.4 Å². The number of sulfonamides is 1. The molecule has 1 N–H and O–H groups in total. The highest BCUT2D eigenvalue weighted by Gasteiger charge is 2.59. The van der Waals surface area contributed by atoms with Crippen LogP contribution in [0.3, 0.4) is 0 Å². The average Bonchev–Trinajstić information content (AvgIpc) is 3.77. The monoisotopic (exact) mass is 598 g/mol. The Kier molecular flexibility index (Phi) is 8.19. The topological polar surface area (TPSA) is 84.9 Å². The molecule has 1 amide bonds. The van der Waals surface area contributed by atoms with Crippen LogP contribution in [-0.4, -0.2) is 64.4 Å². The Balaban J connectivity index is 1.22. The second kappa shape index (κ2) is 11.2. The number of benzene rings is 2. The first-order valence-corrected chi connectivity index (χ1v) is 15.8. The number of halogens is 3. The van der Waals surface area contributed by atoms with E-state index in [-0.39, 0.29) is 17.0 Å². The van der Waals surface area contributed by atoms with Crippen LogP contribution in [0, 0.1) is 11.7 Å². The summed E-state index contributed by atoms with van der Waals surface area (Å²) in [5, 5.41) is 1.27. The maximum atomic E-state index is 14.8. The van der Waals surface area contributed by atoms with Crippen LogP contribution in [0.4, 0.5) is 4.39 Å². The van der Waals surface area contributed by atoms with Crippen molar-refractivity contribution in [2.45, 2.75) is 49.5 Å². The van der Waals surface area contributed by atoms with E-state index in [1.165, 1.54) is 12.1 Å². The molecule has 212 valence electrons. The zero-order chi connectivity index (χ0) is 27.9. The highest BCUT2D eigenvalue weighted by molar-refractivity contribution is 7.89. The number of ether oxygens (including phenoxy) is 2. The first-order chi connectivity index (χ1) is 18.5. The lowest BCUT2D eigenvalue weighted by Gasteiger charge is -2.38. The van der Waals surface area contributed by atoms with E-state index in [0.717, 1.165) is 62.6 Å². The third kappa shape index (κ3) is 6.54. The van der Waals surface area contributed by atoms with Crippen molar-refractivity contribution in [1.82, 2.24) is 9.62 Å². The molecule has 7 nitrogen and oxygen atoms in total. The summed E-state index contributed by atoms with van der Waals surface area (Å²) in [6.45, 7) is 2.88. The van der Waals surface area contributed by atoms with Crippen molar-refractivity contribution < 1.29 is 27.1 Å². The Morgan fingerprint density at radius 2 is 1.77 bits per heavy atom. The minimum absolute atomic E-state index is 0.0702. The summed E-state index contributed by atoms with van der Waals surface area (Å²) < 4.78 is 51.3. The lowest BCUT2D eigenvalue weighted by Crippen LogP contribution is -2.47. The maximum Gasteiger partial charge on any atom is 0.267 e. The molecular formula is C28H33Cl2FN2O5S. The number of carbonyl (C=O) groups excluding carboxylic acids is 1. The third-order valence-corrected chi connectivity index (χ3v) is 9.08. The van der Waals surface area contributed by atoms with Crippen molar-refractivity contribution in [2.75, 3.05) is 39.7 Å². The van der Waals surface area contributed by atoms with Crippen molar-refractivity contribution in [3.63, 3.8) is 0 Å². The summed E-state index contributed by atoms with van der Waals surface area (Å²) in [6, 6.07) is 8.39. The van der Waals surface area contributed by atoms with E-state index in [4.69, 9.17) is 32.7 Å². The van der Waals surface area contributed by atoms with Gasteiger partial charge >= 0.3 is 0 Å². The van der Waals surface area contributed by atoms with Crippen molar-refractivity contribution in [3.05, 3.63) is 62.9 Å². The van der Waals surface area contributed by atoms with Crippen molar-refractivity contribution in [1.29, 1.82) is 0 Å². The highest BCUT2D eigenvalue weighted by atomic mass is 35.5. The van der Waals surface area contributed by atoms with Crippen LogP contribution in [0.5, 0.6) is 5.75 Å². The second-order valence-electron chi connectivity index (χ2n) is 11.1. The van der Waals surface area contributed by atoms with Gasteiger partial charge in [0.2, 0.25) is 10.0 Å². The molecule has 0 bridgehead atoms. The SMILES string of the molecule is COC[C@]1(N2CCC(COc3cc(F)c(C(=O)NS(C)(=O)=O)cc3C3CC3)CC2)C[C@@H]1c1cc(Cl)cc(Cl)c1. The number of hydrogen-bond donors (Lipinski definition) is 1. The van der Waals surface area contributed by atoms with E-state index in [0.29, 0.717) is 40.8 Å². The number of nitrogens with one attached hydrogen (secondary N) is 1. The minimum atomic E-state index is -3.80. The van der Waals surface area contributed by atoms with Gasteiger partial charge in [-0.3, -0.25) is 9.69 Å². The summed E-state index contributed by atoms with van der Waals surface area (Å²) in [6.07, 6.45) is 5.57. The number of nitrogens with zero attached hydrogens (tertiary/aromatic N) is 1. The number of piperidine rings is 1. The van der Waals surface area contributed by atoms with Gasteiger partial charge in [0.05, 0.1) is 30.6 Å². The lowest BCUT2D eigenvalue weighted by molar-refractivity contribution is 0.0394. The zero-order valence-corrected chi connectivity index (χ0v) is 24.3. The van der Waals surface area contributed by atoms with Crippen LogP contribution in [0.25, 0.3) is 0 Å². The molecule has 1 heterocycles. The molecule has 2 atom stereocenters. The van der Waals surface area contributed by atoms with E-state index < -0.39 is 21.7 Å². The van der Waals surface area contributed by atoms with Gasteiger partial charge in [0, 0.05) is 29.1 Å². The van der Waals surface area contributed by atoms with Gasteiger partial charge in [-0.15, -0.1) is 0 Å². The first kappa shape index (κ1) is 28.6. The summed E-state index contributed by atoms with van der Waals surface area (Å²) >= 11 is 12.5. The Morgan fingerprint density at radius 3 is 2.36 bits per heavy atom. The number of rotatable bonds is 10. The van der Waals surface area contributed by atoms with Crippen LogP contribution in [-0.2, 0) is 14.8 Å². The van der Waals surface area contributed by atoms with E-state index in [9.17, 15) is 17.6 Å². The van der Waals surface area contributed by atoms with Crippen molar-refractivity contribution in [2.24, 2.45) is 5.92 Å². The molecule has 5 rings (SSSR count). The summed E-state index contributed by atoms with van der Waals surface area (Å²) in [7, 11) is -2.07. The van der Waals surface area contributed by atoms with Gasteiger partial charge in [0.15, 0.2) is 0 Å². The summed E-state index contributed by atoms with van der Waals surface area (Å²) in [4.78, 5) is 14.8. The maximum absolute atomic E-state index is 14.8. The van der Waals surface area contributed by atoms with Gasteiger partial charge in [-0.1, -0.05) is 23.2 Å². The molecule has 39 heavy (non-hydrogen) atoms. The Bertz CT molecular complexity index is 1340. The minimum Gasteiger partial charge on any atom is -0.493 e. The molecule has 2 saturated carbocycles. The van der Waals surface area contributed by atoms with Gasteiger partial charge in [0.25, 0.3) is 5.91 Å². The quantitative estimate of drug-likeness (QED) is 0.396. The van der Waals surface area contributed by atoms with Crippen molar-refractivity contribution in [3.8, 4) is 5.75 Å². The average molecular weight is 600 g/mol. The van der Waals surface area contributed by atoms with E-state index in [1.54, 1.807) is 13.2 Å². The van der Waals surface area contributed by atoms with Crippen LogP contribution in [0.15, 0.2) is 30.3 Å². The van der Waals surface area contributed by atoms with E-state index in [1.807, 2.05) is 16.9 Å². The fourth-order valence-electron chi connectivity index (χ4n) is 5.91. The highest BCUT2D eigenvalue weighted by Crippen LogP contribution is 2.57. The smallest absolute Gasteiger partial charge is 0.267 e. The normalized spacial score (nSPS) is 24.0. The van der Waals surface area contributed by atoms with Crippen molar-refractivity contribution >= 4 is 39.1 Å². The molecule has 0 spiro atoms. The van der Waals surface area contributed by atoms with Crippen LogP contribution < -0.4 is 9.46 Å². The lowest BCUT2D eigenvalue weighted by atomic mass is 9.94. The predicted octanol–water partition coefficient (Wildman–Crippen LogP) is 5.36. The number of hydrogen-bond acceptors (Lipinski definition) is 6. The second-order valence-corrected chi connectivity index (χ2v) is 13.7. The molecule has 1 aliphatic heterocycles. The van der Waals surface area contributed by atoms with Gasteiger partial charge in [0.1, 0.15) is 11.6 Å². The number of methoxy groups -OCH3 is 1. The molecule has 1 saturated heterocycles. The largest absolute Gasteiger partial charge is 0.493 e. The van der Waals surface area contributed by atoms with Gasteiger partial charge in [-0.25, -0.2) is 17.5 Å². The fourth-order valence-corrected chi connectivity index (χ4v) is 6.90. The standard InChI is InChI=1S/C28H33Cl2FN2O5S/c1-37-16-28(14-24(28)19-9-20(29)11-21(30)10-19)33-7-5-17(6-8-33)15-38-26-13-25(31)23(12-22(26)18-3-4-18)27(34)32-39(2,35)36/h9-13,17-18,24H,3-8,14-16H2,1-2H3,(H,32,34)/t24-,28-/m1/s1.